The van der Waals surface area contributed by atoms with Gasteiger partial charge < -0.3 is 10.6 Å². The third-order valence-corrected chi connectivity index (χ3v) is 4.46. The van der Waals surface area contributed by atoms with Crippen LogP contribution in [0.2, 0.25) is 0 Å². The lowest BCUT2D eigenvalue weighted by atomic mass is 10.1. The third-order valence-electron chi connectivity index (χ3n) is 4.46. The number of nitrogens with zero attached hydrogens (tertiary/aromatic N) is 3. The number of anilines is 3. The van der Waals surface area contributed by atoms with Crippen LogP contribution in [0.25, 0.3) is 11.4 Å². The van der Waals surface area contributed by atoms with Gasteiger partial charge in [-0.15, -0.1) is 0 Å². The van der Waals surface area contributed by atoms with E-state index in [4.69, 9.17) is 0 Å². The summed E-state index contributed by atoms with van der Waals surface area (Å²) < 4.78 is 39.7. The van der Waals surface area contributed by atoms with E-state index in [0.29, 0.717) is 28.8 Å². The number of alkyl halides is 3. The molecule has 152 valence electrons. The maximum atomic E-state index is 13.2. The maximum absolute atomic E-state index is 13.2. The van der Waals surface area contributed by atoms with Crippen molar-refractivity contribution in [2.45, 2.75) is 39.4 Å². The number of hydrogen-bond acceptors (Lipinski definition) is 5. The van der Waals surface area contributed by atoms with Crippen LogP contribution in [-0.2, 0) is 6.18 Å². The molecule has 0 unspecified atom stereocenters. The van der Waals surface area contributed by atoms with Crippen LogP contribution in [0.15, 0.2) is 48.7 Å². The molecule has 29 heavy (non-hydrogen) atoms. The largest absolute Gasteiger partial charge is 0.416 e. The molecule has 0 aliphatic rings. The molecule has 2 N–H and O–H groups in total. The fourth-order valence-electron chi connectivity index (χ4n) is 2.70. The highest BCUT2D eigenvalue weighted by atomic mass is 19.4. The van der Waals surface area contributed by atoms with Crippen LogP contribution in [0.4, 0.5) is 30.6 Å². The number of rotatable bonds is 6. The van der Waals surface area contributed by atoms with Gasteiger partial charge in [-0.1, -0.05) is 19.1 Å². The lowest BCUT2D eigenvalue weighted by molar-refractivity contribution is -0.138. The molecule has 0 fully saturated rings. The maximum Gasteiger partial charge on any atom is 0.416 e. The molecule has 0 spiro atoms. The second-order valence-electron chi connectivity index (χ2n) is 6.78. The third kappa shape index (κ3) is 5.22. The van der Waals surface area contributed by atoms with Crippen LogP contribution in [-0.4, -0.2) is 21.0 Å². The van der Waals surface area contributed by atoms with E-state index in [-0.39, 0.29) is 11.6 Å². The Balaban J connectivity index is 1.99. The lowest BCUT2D eigenvalue weighted by Gasteiger charge is -2.16. The Labute approximate surface area is 167 Å². The highest BCUT2D eigenvalue weighted by Gasteiger charge is 2.32. The van der Waals surface area contributed by atoms with Crippen molar-refractivity contribution in [3.05, 3.63) is 59.8 Å². The quantitative estimate of drug-likeness (QED) is 0.545. The minimum Gasteiger partial charge on any atom is -0.352 e. The second kappa shape index (κ2) is 8.46. The molecular formula is C21H22F3N5. The van der Waals surface area contributed by atoms with E-state index >= 15 is 0 Å². The fraction of sp³-hybridized carbons (Fsp3) is 0.286. The number of aryl methyl sites for hydroxylation is 1. The Bertz CT molecular complexity index is 974. The Morgan fingerprint density at radius 1 is 1.03 bits per heavy atom. The van der Waals surface area contributed by atoms with Crippen LogP contribution in [0, 0.1) is 6.92 Å². The Kier molecular flexibility index (Phi) is 6.00. The molecule has 0 amide bonds. The molecule has 3 aromatic rings. The molecule has 0 aliphatic carbocycles. The van der Waals surface area contributed by atoms with Gasteiger partial charge in [0.25, 0.3) is 0 Å². The average molecular weight is 401 g/mol. The molecule has 5 nitrogen and oxygen atoms in total. The van der Waals surface area contributed by atoms with Crippen molar-refractivity contribution in [2.75, 3.05) is 10.6 Å². The monoisotopic (exact) mass is 401 g/mol. The van der Waals surface area contributed by atoms with E-state index in [1.54, 1.807) is 24.4 Å². The van der Waals surface area contributed by atoms with Gasteiger partial charge in [0, 0.05) is 24.0 Å². The Morgan fingerprint density at radius 2 is 1.83 bits per heavy atom. The number of benzene rings is 1. The molecular weight excluding hydrogens is 379 g/mol. The van der Waals surface area contributed by atoms with E-state index in [1.165, 1.54) is 13.0 Å². The van der Waals surface area contributed by atoms with Gasteiger partial charge in [-0.2, -0.15) is 18.2 Å². The zero-order chi connectivity index (χ0) is 21.0. The summed E-state index contributed by atoms with van der Waals surface area (Å²) in [6.07, 6.45) is -1.90. The van der Waals surface area contributed by atoms with Crippen LogP contribution in [0.1, 0.15) is 31.4 Å². The van der Waals surface area contributed by atoms with Gasteiger partial charge in [-0.25, -0.2) is 4.98 Å². The summed E-state index contributed by atoms with van der Waals surface area (Å²) in [7, 11) is 0. The summed E-state index contributed by atoms with van der Waals surface area (Å²) in [4.78, 5) is 13.2. The first-order chi connectivity index (χ1) is 13.8. The summed E-state index contributed by atoms with van der Waals surface area (Å²) in [6.45, 7) is 5.47. The zero-order valence-corrected chi connectivity index (χ0v) is 16.4. The van der Waals surface area contributed by atoms with Crippen LogP contribution in [0.3, 0.4) is 0 Å². The number of pyridine rings is 1. The van der Waals surface area contributed by atoms with Crippen molar-refractivity contribution >= 4 is 17.5 Å². The summed E-state index contributed by atoms with van der Waals surface area (Å²) >= 11 is 0. The normalized spacial score (nSPS) is 12.5. The molecule has 1 atom stereocenters. The van der Waals surface area contributed by atoms with Gasteiger partial charge in [0.1, 0.15) is 5.82 Å². The molecule has 0 radical (unpaired) electrons. The molecule has 2 aromatic heterocycles. The van der Waals surface area contributed by atoms with Crippen molar-refractivity contribution in [2.24, 2.45) is 0 Å². The molecule has 2 heterocycles. The SMILES string of the molecule is CC[C@@H](C)Nc1nc(Nc2ccc(C)c(C(F)(F)F)c2)cc(-c2ccccn2)n1. The molecule has 0 saturated carbocycles. The Hall–Kier alpha value is -3.16. The number of hydrogen-bond donors (Lipinski definition) is 2. The topological polar surface area (TPSA) is 62.7 Å². The van der Waals surface area contributed by atoms with Gasteiger partial charge in [0.05, 0.1) is 17.0 Å². The molecule has 1 aromatic carbocycles. The van der Waals surface area contributed by atoms with Crippen molar-refractivity contribution < 1.29 is 13.2 Å². The van der Waals surface area contributed by atoms with Gasteiger partial charge >= 0.3 is 6.18 Å². The predicted octanol–water partition coefficient (Wildman–Crippen LogP) is 5.82. The van der Waals surface area contributed by atoms with Crippen LogP contribution < -0.4 is 10.6 Å². The zero-order valence-electron chi connectivity index (χ0n) is 16.4. The van der Waals surface area contributed by atoms with Crippen molar-refractivity contribution in [3.8, 4) is 11.4 Å². The minimum atomic E-state index is -4.42. The first kappa shape index (κ1) is 20.6. The van der Waals surface area contributed by atoms with Crippen LogP contribution >= 0.6 is 0 Å². The summed E-state index contributed by atoms with van der Waals surface area (Å²) in [6, 6.07) is 11.4. The fourth-order valence-corrected chi connectivity index (χ4v) is 2.70. The van der Waals surface area contributed by atoms with Gasteiger partial charge in [-0.3, -0.25) is 4.98 Å². The van der Waals surface area contributed by atoms with E-state index in [1.807, 2.05) is 26.0 Å². The summed E-state index contributed by atoms with van der Waals surface area (Å²) in [5, 5.41) is 6.17. The standard InChI is InChI=1S/C21H22F3N5/c1-4-14(3)26-20-28-18(17-7-5-6-10-25-17)12-19(29-20)27-15-9-8-13(2)16(11-15)21(22,23)24/h5-12,14H,4H2,1-3H3,(H2,26,27,28,29)/t14-/m1/s1. The first-order valence-corrected chi connectivity index (χ1v) is 9.28. The van der Waals surface area contributed by atoms with Crippen molar-refractivity contribution in [1.82, 2.24) is 15.0 Å². The average Bonchev–Trinajstić information content (AvgIpc) is 2.69. The predicted molar refractivity (Wildman–Crippen MR) is 108 cm³/mol. The van der Waals surface area contributed by atoms with Crippen molar-refractivity contribution in [1.29, 1.82) is 0 Å². The van der Waals surface area contributed by atoms with Crippen LogP contribution in [0.5, 0.6) is 0 Å². The second-order valence-corrected chi connectivity index (χ2v) is 6.78. The summed E-state index contributed by atoms with van der Waals surface area (Å²) in [5.41, 5.74) is 0.990. The van der Waals surface area contributed by atoms with E-state index in [9.17, 15) is 13.2 Å². The Morgan fingerprint density at radius 3 is 2.48 bits per heavy atom. The van der Waals surface area contributed by atoms with Gasteiger partial charge in [-0.05, 0) is 50.1 Å². The number of nitrogens with one attached hydrogen (secondary N) is 2. The highest BCUT2D eigenvalue weighted by molar-refractivity contribution is 5.66. The molecule has 0 aliphatic heterocycles. The first-order valence-electron chi connectivity index (χ1n) is 9.28. The van der Waals surface area contributed by atoms with Crippen molar-refractivity contribution in [3.63, 3.8) is 0 Å². The minimum absolute atomic E-state index is 0.137. The molecule has 8 heteroatoms. The lowest BCUT2D eigenvalue weighted by Crippen LogP contribution is -2.16. The highest BCUT2D eigenvalue weighted by Crippen LogP contribution is 2.34. The molecule has 0 saturated heterocycles. The van der Waals surface area contributed by atoms with Gasteiger partial charge in [0.15, 0.2) is 0 Å². The smallest absolute Gasteiger partial charge is 0.352 e. The van der Waals surface area contributed by atoms with E-state index in [0.717, 1.165) is 12.5 Å². The molecule has 3 rings (SSSR count). The molecule has 0 bridgehead atoms. The van der Waals surface area contributed by atoms with E-state index < -0.39 is 11.7 Å². The summed E-state index contributed by atoms with van der Waals surface area (Å²) in [5.74, 6) is 0.761. The number of halogens is 3. The van der Waals surface area contributed by atoms with Gasteiger partial charge in [0.2, 0.25) is 5.95 Å². The van der Waals surface area contributed by atoms with E-state index in [2.05, 4.69) is 25.6 Å². The number of aromatic nitrogens is 3.